The van der Waals surface area contributed by atoms with Gasteiger partial charge in [-0.3, -0.25) is 19.2 Å². The number of carbonyl (C=O) groups excluding carboxylic acids is 6. The number of fused-ring (bicyclic) bond motifs is 1. The number of nitrogens with zero attached hydrogens (tertiary/aromatic N) is 1. The Hall–Kier alpha value is -5.20. The molecule has 0 bridgehead atoms. The summed E-state index contributed by atoms with van der Waals surface area (Å²) in [4.78, 5) is 81.2. The Balaban J connectivity index is 1.19. The van der Waals surface area contributed by atoms with Gasteiger partial charge in [0.25, 0.3) is 11.8 Å². The molecule has 0 aliphatic carbocycles. The molecule has 0 saturated carbocycles. The predicted octanol–water partition coefficient (Wildman–Crippen LogP) is 3.19. The highest BCUT2D eigenvalue weighted by atomic mass is 16.7. The summed E-state index contributed by atoms with van der Waals surface area (Å²) in [6, 6.07) is 16.2. The van der Waals surface area contributed by atoms with Gasteiger partial charge in [0.1, 0.15) is 12.6 Å². The van der Waals surface area contributed by atoms with E-state index in [0.717, 1.165) is 22.0 Å². The van der Waals surface area contributed by atoms with E-state index >= 15 is 0 Å². The Kier molecular flexibility index (Phi) is 12.7. The van der Waals surface area contributed by atoms with E-state index in [2.05, 4.69) is 20.9 Å². The van der Waals surface area contributed by atoms with E-state index in [4.69, 9.17) is 9.57 Å². The van der Waals surface area contributed by atoms with Crippen molar-refractivity contribution >= 4 is 46.6 Å². The Bertz CT molecular complexity index is 1510. The number of imide groups is 1. The van der Waals surface area contributed by atoms with Gasteiger partial charge in [0.2, 0.25) is 11.8 Å². The summed E-state index contributed by atoms with van der Waals surface area (Å²) in [6.45, 7) is 0.707. The Morgan fingerprint density at radius 3 is 2.33 bits per heavy atom. The number of benzene rings is 2. The van der Waals surface area contributed by atoms with E-state index in [1.54, 1.807) is 0 Å². The minimum Gasteiger partial charge on any atom is -0.445 e. The molecule has 244 valence electrons. The molecule has 1 fully saturated rings. The molecule has 3 aromatic rings. The molecule has 0 radical (unpaired) electrons. The van der Waals surface area contributed by atoms with E-state index in [9.17, 15) is 28.8 Å². The number of aromatic amines is 1. The number of hydroxylamine groups is 2. The van der Waals surface area contributed by atoms with Crippen molar-refractivity contribution in [1.29, 1.82) is 0 Å². The second-order valence-corrected chi connectivity index (χ2v) is 10.9. The normalized spacial score (nSPS) is 13.3. The number of H-pyrrole nitrogens is 1. The summed E-state index contributed by atoms with van der Waals surface area (Å²) in [7, 11) is 0. The maximum absolute atomic E-state index is 13.2. The number of rotatable bonds is 17. The van der Waals surface area contributed by atoms with Crippen molar-refractivity contribution in [2.45, 2.75) is 70.4 Å². The number of alkyl carbamates (subject to hydrolysis) is 1. The van der Waals surface area contributed by atoms with Gasteiger partial charge in [-0.05, 0) is 36.5 Å². The minimum atomic E-state index is -0.832. The van der Waals surface area contributed by atoms with Crippen molar-refractivity contribution in [1.82, 2.24) is 26.0 Å². The van der Waals surface area contributed by atoms with Crippen LogP contribution < -0.4 is 16.0 Å². The number of para-hydroxylation sites is 1. The predicted molar refractivity (Wildman–Crippen MR) is 166 cm³/mol. The van der Waals surface area contributed by atoms with Crippen LogP contribution in [0.2, 0.25) is 0 Å². The van der Waals surface area contributed by atoms with Crippen LogP contribution in [0.1, 0.15) is 62.5 Å². The van der Waals surface area contributed by atoms with Crippen LogP contribution >= 0.6 is 0 Å². The molecule has 1 unspecified atom stereocenters. The first-order valence-corrected chi connectivity index (χ1v) is 15.4. The van der Waals surface area contributed by atoms with E-state index in [0.29, 0.717) is 37.3 Å². The number of unbranched alkanes of at least 4 members (excludes halogenated alkanes) is 2. The van der Waals surface area contributed by atoms with Gasteiger partial charge in [0.05, 0.1) is 0 Å². The van der Waals surface area contributed by atoms with Crippen LogP contribution in [0, 0.1) is 0 Å². The number of hydrogen-bond donors (Lipinski definition) is 4. The number of nitrogens with one attached hydrogen (secondary N) is 4. The van der Waals surface area contributed by atoms with Crippen LogP contribution in [0.5, 0.6) is 0 Å². The largest absolute Gasteiger partial charge is 0.445 e. The zero-order valence-corrected chi connectivity index (χ0v) is 25.5. The lowest BCUT2D eigenvalue weighted by Crippen LogP contribution is -2.48. The molecule has 1 saturated heterocycles. The molecular formula is C33H39N5O8. The topological polar surface area (TPSA) is 176 Å². The van der Waals surface area contributed by atoms with Gasteiger partial charge in [0.15, 0.2) is 0 Å². The zero-order valence-electron chi connectivity index (χ0n) is 25.5. The highest BCUT2D eigenvalue weighted by Crippen LogP contribution is 2.19. The van der Waals surface area contributed by atoms with Gasteiger partial charge >= 0.3 is 12.1 Å². The molecular weight excluding hydrogens is 594 g/mol. The molecule has 13 nitrogen and oxygen atoms in total. The molecule has 4 rings (SSSR count). The Labute approximate surface area is 266 Å². The van der Waals surface area contributed by atoms with E-state index in [-0.39, 0.29) is 57.1 Å². The lowest BCUT2D eigenvalue weighted by Gasteiger charge is -2.19. The van der Waals surface area contributed by atoms with Gasteiger partial charge in [0, 0.05) is 62.3 Å². The minimum absolute atomic E-state index is 0.0316. The third kappa shape index (κ3) is 10.5. The highest BCUT2D eigenvalue weighted by Gasteiger charge is 2.32. The third-order valence-corrected chi connectivity index (χ3v) is 7.37. The van der Waals surface area contributed by atoms with Crippen LogP contribution in [-0.4, -0.2) is 64.9 Å². The Morgan fingerprint density at radius 1 is 0.826 bits per heavy atom. The molecule has 13 heteroatoms. The fourth-order valence-electron chi connectivity index (χ4n) is 4.92. The number of amides is 5. The van der Waals surface area contributed by atoms with E-state index in [1.165, 1.54) is 0 Å². The summed E-state index contributed by atoms with van der Waals surface area (Å²) in [6.07, 6.45) is 3.70. The van der Waals surface area contributed by atoms with Gasteiger partial charge in [-0.25, -0.2) is 9.59 Å². The number of ether oxygens (including phenoxy) is 1. The zero-order chi connectivity index (χ0) is 32.7. The highest BCUT2D eigenvalue weighted by molar-refractivity contribution is 6.01. The second kappa shape index (κ2) is 17.3. The van der Waals surface area contributed by atoms with E-state index in [1.807, 2.05) is 60.8 Å². The van der Waals surface area contributed by atoms with Crippen LogP contribution in [0.25, 0.3) is 10.9 Å². The average molecular weight is 634 g/mol. The van der Waals surface area contributed by atoms with Gasteiger partial charge in [-0.15, -0.1) is 5.06 Å². The summed E-state index contributed by atoms with van der Waals surface area (Å²) in [5.74, 6) is -2.37. The molecule has 1 aromatic heterocycles. The molecule has 46 heavy (non-hydrogen) atoms. The molecule has 2 aromatic carbocycles. The smallest absolute Gasteiger partial charge is 0.407 e. The summed E-state index contributed by atoms with van der Waals surface area (Å²) >= 11 is 0. The maximum atomic E-state index is 13.2. The third-order valence-electron chi connectivity index (χ3n) is 7.37. The molecule has 1 aliphatic rings. The maximum Gasteiger partial charge on any atom is 0.407 e. The van der Waals surface area contributed by atoms with Crippen molar-refractivity contribution in [3.05, 3.63) is 71.9 Å². The average Bonchev–Trinajstić information content (AvgIpc) is 3.61. The fourth-order valence-corrected chi connectivity index (χ4v) is 4.92. The van der Waals surface area contributed by atoms with Crippen molar-refractivity contribution in [3.8, 4) is 0 Å². The Morgan fingerprint density at radius 2 is 1.54 bits per heavy atom. The number of carbonyl (C=O) groups is 6. The van der Waals surface area contributed by atoms with Gasteiger partial charge in [-0.2, -0.15) is 0 Å². The van der Waals surface area contributed by atoms with Crippen LogP contribution in [0.3, 0.4) is 0 Å². The molecule has 0 spiro atoms. The molecule has 1 aliphatic heterocycles. The monoisotopic (exact) mass is 633 g/mol. The quantitative estimate of drug-likeness (QED) is 0.129. The van der Waals surface area contributed by atoms with Crippen LogP contribution in [-0.2, 0) is 46.6 Å². The van der Waals surface area contributed by atoms with Gasteiger partial charge < -0.3 is 30.5 Å². The van der Waals surface area contributed by atoms with Crippen LogP contribution in [0.4, 0.5) is 4.79 Å². The number of hydrogen-bond acceptors (Lipinski definition) is 8. The summed E-state index contributed by atoms with van der Waals surface area (Å²) < 4.78 is 5.18. The number of aromatic nitrogens is 1. The second-order valence-electron chi connectivity index (χ2n) is 10.9. The molecule has 5 amide bonds. The molecule has 4 N–H and O–H groups in total. The first-order chi connectivity index (χ1) is 22.3. The van der Waals surface area contributed by atoms with Crippen molar-refractivity contribution in [2.75, 3.05) is 13.1 Å². The van der Waals surface area contributed by atoms with E-state index < -0.39 is 29.9 Å². The van der Waals surface area contributed by atoms with Gasteiger partial charge in [-0.1, -0.05) is 55.0 Å². The SMILES string of the molecule is O=C(CCCNC(=O)OCc1ccccc1)NC(Cc1c[nH]c2ccccc12)C(=O)NCCCCCC(=O)ON1C(=O)CCC1=O. The summed E-state index contributed by atoms with van der Waals surface area (Å²) in [5, 5.41) is 9.81. The first-order valence-electron chi connectivity index (χ1n) is 15.4. The standard InChI is InChI=1S/C33H39N5O8/c39-28(14-9-19-35-33(44)45-22-23-10-3-1-4-11-23)37-27(20-24-21-36-26-13-7-6-12-25(24)26)32(43)34-18-8-2-5-15-31(42)46-38-29(40)16-17-30(38)41/h1,3-4,6-7,10-13,21,27,36H,2,5,8-9,14-20,22H2,(H,34,43)(H,35,44)(H,37,39). The van der Waals surface area contributed by atoms with Crippen molar-refractivity contribution in [2.24, 2.45) is 0 Å². The van der Waals surface area contributed by atoms with Crippen LogP contribution in [0.15, 0.2) is 60.8 Å². The molecule has 1 atom stereocenters. The first kappa shape index (κ1) is 33.7. The molecule has 2 heterocycles. The lowest BCUT2D eigenvalue weighted by molar-refractivity contribution is -0.197. The van der Waals surface area contributed by atoms with Crippen molar-refractivity contribution in [3.63, 3.8) is 0 Å². The lowest BCUT2D eigenvalue weighted by atomic mass is 10.0. The fraction of sp³-hybridized carbons (Fsp3) is 0.394. The van der Waals surface area contributed by atoms with Crippen molar-refractivity contribution < 1.29 is 38.3 Å². The summed E-state index contributed by atoms with van der Waals surface area (Å²) in [5.41, 5.74) is 2.67.